The summed E-state index contributed by atoms with van der Waals surface area (Å²) < 4.78 is 0. The fourth-order valence-electron chi connectivity index (χ4n) is 4.17. The summed E-state index contributed by atoms with van der Waals surface area (Å²) in [6.45, 7) is 4.79. The van der Waals surface area contributed by atoms with Gasteiger partial charge in [-0.25, -0.2) is 9.97 Å². The second-order valence-corrected chi connectivity index (χ2v) is 8.78. The molecule has 1 aliphatic heterocycles. The fraction of sp³-hybridized carbons (Fsp3) is 0.308. The van der Waals surface area contributed by atoms with Gasteiger partial charge in [0.25, 0.3) is 0 Å². The highest BCUT2D eigenvalue weighted by atomic mass is 16.2. The van der Waals surface area contributed by atoms with Crippen molar-refractivity contribution in [2.75, 3.05) is 41.7 Å². The summed E-state index contributed by atoms with van der Waals surface area (Å²) in [6.07, 6.45) is 3.85. The number of piperazine rings is 1. The van der Waals surface area contributed by atoms with E-state index >= 15 is 0 Å². The van der Waals surface area contributed by atoms with E-state index in [1.165, 1.54) is 6.92 Å². The number of hydrogen-bond acceptors (Lipinski definition) is 6. The van der Waals surface area contributed by atoms with E-state index in [0.29, 0.717) is 17.8 Å². The van der Waals surface area contributed by atoms with E-state index in [2.05, 4.69) is 37.6 Å². The Bertz CT molecular complexity index is 1170. The van der Waals surface area contributed by atoms with Gasteiger partial charge in [0.2, 0.25) is 17.8 Å². The molecule has 2 aromatic carbocycles. The highest BCUT2D eigenvalue weighted by Crippen LogP contribution is 2.31. The Labute approximate surface area is 199 Å². The molecule has 0 atom stereocenters. The van der Waals surface area contributed by atoms with Gasteiger partial charge >= 0.3 is 0 Å². The summed E-state index contributed by atoms with van der Waals surface area (Å²) in [5, 5.41) is 6.04. The maximum Gasteiger partial charge on any atom is 0.227 e. The van der Waals surface area contributed by atoms with E-state index in [1.54, 1.807) is 6.20 Å². The normalized spacial score (nSPS) is 15.7. The molecule has 8 nitrogen and oxygen atoms in total. The molecule has 0 spiro atoms. The second-order valence-electron chi connectivity index (χ2n) is 8.78. The van der Waals surface area contributed by atoms with Crippen LogP contribution in [0.15, 0.2) is 60.8 Å². The van der Waals surface area contributed by atoms with Gasteiger partial charge in [-0.3, -0.25) is 9.59 Å². The Morgan fingerprint density at radius 1 is 0.882 bits per heavy atom. The molecule has 2 N–H and O–H groups in total. The molecular formula is C26H28N6O2. The van der Waals surface area contributed by atoms with Crippen molar-refractivity contribution in [1.82, 2.24) is 14.9 Å². The van der Waals surface area contributed by atoms with E-state index in [-0.39, 0.29) is 5.91 Å². The minimum atomic E-state index is -0.0989. The quantitative estimate of drug-likeness (QED) is 0.585. The smallest absolute Gasteiger partial charge is 0.227 e. The van der Waals surface area contributed by atoms with Gasteiger partial charge in [-0.1, -0.05) is 12.1 Å². The van der Waals surface area contributed by atoms with Gasteiger partial charge in [0, 0.05) is 67.8 Å². The standard InChI is InChI=1S/C26H28N6O2/c1-18(33)28-21-6-4-19(5-7-21)24-12-13-27-26(30-24)29-22-8-10-23(11-9-22)31-14-16-32(17-15-31)25(34)20-2-3-20/h4-13,20H,2-3,14-17H2,1H3,(H,28,33)(H,27,29,30). The number of benzene rings is 2. The summed E-state index contributed by atoms with van der Waals surface area (Å²) in [5.74, 6) is 1.05. The SMILES string of the molecule is CC(=O)Nc1ccc(-c2ccnc(Nc3ccc(N4CCN(C(=O)C5CC5)CC4)cc3)n2)cc1. The van der Waals surface area contributed by atoms with Crippen LogP contribution in [0.3, 0.4) is 0 Å². The Kier molecular flexibility index (Phi) is 6.12. The van der Waals surface area contributed by atoms with E-state index in [4.69, 9.17) is 0 Å². The number of rotatable bonds is 6. The molecule has 0 bridgehead atoms. The van der Waals surface area contributed by atoms with Gasteiger partial charge in [0.1, 0.15) is 0 Å². The van der Waals surface area contributed by atoms with E-state index < -0.39 is 0 Å². The van der Waals surface area contributed by atoms with Crippen molar-refractivity contribution < 1.29 is 9.59 Å². The van der Waals surface area contributed by atoms with Gasteiger partial charge in [-0.15, -0.1) is 0 Å². The molecule has 2 amide bonds. The van der Waals surface area contributed by atoms with Crippen LogP contribution in [0.5, 0.6) is 0 Å². The molecule has 1 aliphatic carbocycles. The number of hydrogen-bond donors (Lipinski definition) is 2. The summed E-state index contributed by atoms with van der Waals surface area (Å²) in [7, 11) is 0. The van der Waals surface area contributed by atoms with Crippen LogP contribution in [0.2, 0.25) is 0 Å². The van der Waals surface area contributed by atoms with Crippen LogP contribution >= 0.6 is 0 Å². The largest absolute Gasteiger partial charge is 0.368 e. The van der Waals surface area contributed by atoms with Crippen LogP contribution < -0.4 is 15.5 Å². The third kappa shape index (κ3) is 5.17. The average molecular weight is 457 g/mol. The van der Waals surface area contributed by atoms with Crippen LogP contribution in [0.25, 0.3) is 11.3 Å². The van der Waals surface area contributed by atoms with Crippen LogP contribution in [-0.2, 0) is 9.59 Å². The van der Waals surface area contributed by atoms with Crippen molar-refractivity contribution in [2.45, 2.75) is 19.8 Å². The molecule has 8 heteroatoms. The number of aromatic nitrogens is 2. The number of carbonyl (C=O) groups is 2. The van der Waals surface area contributed by atoms with E-state index in [9.17, 15) is 9.59 Å². The molecule has 34 heavy (non-hydrogen) atoms. The maximum atomic E-state index is 12.3. The third-order valence-corrected chi connectivity index (χ3v) is 6.16. The Morgan fingerprint density at radius 2 is 1.56 bits per heavy atom. The molecule has 174 valence electrons. The summed E-state index contributed by atoms with van der Waals surface area (Å²) in [4.78, 5) is 36.8. The van der Waals surface area contributed by atoms with Gasteiger partial charge in [0.15, 0.2) is 0 Å². The number of nitrogens with zero attached hydrogens (tertiary/aromatic N) is 4. The summed E-state index contributed by atoms with van der Waals surface area (Å²) in [6, 6.07) is 17.6. The first-order valence-electron chi connectivity index (χ1n) is 11.7. The molecule has 2 fully saturated rings. The van der Waals surface area contributed by atoms with Crippen molar-refractivity contribution in [1.29, 1.82) is 0 Å². The lowest BCUT2D eigenvalue weighted by Gasteiger charge is -2.36. The first-order valence-corrected chi connectivity index (χ1v) is 11.7. The molecule has 2 aliphatic rings. The van der Waals surface area contributed by atoms with Crippen molar-refractivity contribution in [3.63, 3.8) is 0 Å². The highest BCUT2D eigenvalue weighted by Gasteiger charge is 2.34. The molecule has 1 aromatic heterocycles. The zero-order chi connectivity index (χ0) is 23.5. The van der Waals surface area contributed by atoms with Gasteiger partial charge < -0.3 is 20.4 Å². The molecule has 3 aromatic rings. The Morgan fingerprint density at radius 3 is 2.21 bits per heavy atom. The van der Waals surface area contributed by atoms with Crippen LogP contribution in [0, 0.1) is 5.92 Å². The van der Waals surface area contributed by atoms with Gasteiger partial charge in [-0.05, 0) is 55.3 Å². The molecule has 0 radical (unpaired) electrons. The lowest BCUT2D eigenvalue weighted by molar-refractivity contribution is -0.132. The molecule has 1 saturated carbocycles. The van der Waals surface area contributed by atoms with Crippen molar-refractivity contribution in [3.05, 3.63) is 60.8 Å². The molecule has 5 rings (SSSR count). The monoisotopic (exact) mass is 456 g/mol. The van der Waals surface area contributed by atoms with Gasteiger partial charge in [0.05, 0.1) is 5.69 Å². The third-order valence-electron chi connectivity index (χ3n) is 6.16. The van der Waals surface area contributed by atoms with Crippen LogP contribution in [0.4, 0.5) is 23.0 Å². The van der Waals surface area contributed by atoms with Gasteiger partial charge in [-0.2, -0.15) is 0 Å². The number of anilines is 4. The first kappa shape index (κ1) is 21.9. The molecule has 2 heterocycles. The average Bonchev–Trinajstić information content (AvgIpc) is 3.70. The van der Waals surface area contributed by atoms with Crippen LogP contribution in [0.1, 0.15) is 19.8 Å². The first-order chi connectivity index (χ1) is 16.5. The number of amides is 2. The van der Waals surface area contributed by atoms with Crippen molar-refractivity contribution in [3.8, 4) is 11.3 Å². The van der Waals surface area contributed by atoms with Crippen molar-refractivity contribution >= 4 is 34.8 Å². The predicted molar refractivity (Wildman–Crippen MR) is 133 cm³/mol. The molecule has 1 saturated heterocycles. The zero-order valence-corrected chi connectivity index (χ0v) is 19.2. The topological polar surface area (TPSA) is 90.5 Å². The molecule has 0 unspecified atom stereocenters. The summed E-state index contributed by atoms with van der Waals surface area (Å²) in [5.41, 5.74) is 4.54. The van der Waals surface area contributed by atoms with Crippen LogP contribution in [-0.4, -0.2) is 52.9 Å². The minimum Gasteiger partial charge on any atom is -0.368 e. The Hall–Kier alpha value is -3.94. The maximum absolute atomic E-state index is 12.3. The lowest BCUT2D eigenvalue weighted by atomic mass is 10.1. The highest BCUT2D eigenvalue weighted by molar-refractivity contribution is 5.89. The summed E-state index contributed by atoms with van der Waals surface area (Å²) >= 11 is 0. The van der Waals surface area contributed by atoms with E-state index in [0.717, 1.165) is 67.3 Å². The Balaban J connectivity index is 1.20. The lowest BCUT2D eigenvalue weighted by Crippen LogP contribution is -2.49. The number of carbonyl (C=O) groups excluding carboxylic acids is 2. The molecular weight excluding hydrogens is 428 g/mol. The second kappa shape index (κ2) is 9.51. The zero-order valence-electron chi connectivity index (χ0n) is 19.2. The van der Waals surface area contributed by atoms with Crippen molar-refractivity contribution in [2.24, 2.45) is 5.92 Å². The fourth-order valence-corrected chi connectivity index (χ4v) is 4.17. The minimum absolute atomic E-state index is 0.0989. The predicted octanol–water partition coefficient (Wildman–Crippen LogP) is 3.90. The number of nitrogens with one attached hydrogen (secondary N) is 2. The van der Waals surface area contributed by atoms with E-state index in [1.807, 2.05) is 47.4 Å².